The molecule has 0 aliphatic heterocycles. The van der Waals surface area contributed by atoms with Crippen LogP contribution in [0.2, 0.25) is 0 Å². The van der Waals surface area contributed by atoms with Gasteiger partial charge in [0, 0.05) is 36.1 Å². The van der Waals surface area contributed by atoms with Gasteiger partial charge in [-0.3, -0.25) is 14.4 Å². The molecule has 0 atom stereocenters. The zero-order valence-electron chi connectivity index (χ0n) is 15.7. The number of hydrogen-bond acceptors (Lipinski definition) is 4. The summed E-state index contributed by atoms with van der Waals surface area (Å²) < 4.78 is 0. The fourth-order valence-electron chi connectivity index (χ4n) is 2.37. The van der Waals surface area contributed by atoms with Crippen LogP contribution in [0.15, 0.2) is 42.5 Å². The van der Waals surface area contributed by atoms with Gasteiger partial charge in [-0.1, -0.05) is 19.1 Å². The molecule has 0 aromatic heterocycles. The molecule has 3 amide bonds. The van der Waals surface area contributed by atoms with Gasteiger partial charge in [0.25, 0.3) is 0 Å². The maximum absolute atomic E-state index is 12.2. The van der Waals surface area contributed by atoms with Crippen molar-refractivity contribution in [2.24, 2.45) is 0 Å². The lowest BCUT2D eigenvalue weighted by Crippen LogP contribution is -2.22. The molecule has 0 aliphatic rings. The van der Waals surface area contributed by atoms with Gasteiger partial charge in [-0.15, -0.1) is 0 Å². The van der Waals surface area contributed by atoms with E-state index in [4.69, 9.17) is 0 Å². The van der Waals surface area contributed by atoms with Crippen LogP contribution in [0.1, 0.15) is 25.8 Å². The summed E-state index contributed by atoms with van der Waals surface area (Å²) in [6.45, 7) is 5.17. The highest BCUT2D eigenvalue weighted by atomic mass is 16.2. The van der Waals surface area contributed by atoms with Crippen molar-refractivity contribution in [3.8, 4) is 0 Å². The Labute approximate surface area is 158 Å². The van der Waals surface area contributed by atoms with Crippen molar-refractivity contribution in [3.05, 3.63) is 48.0 Å². The molecule has 0 bridgehead atoms. The molecule has 7 nitrogen and oxygen atoms in total. The van der Waals surface area contributed by atoms with E-state index in [1.54, 1.807) is 37.3 Å². The van der Waals surface area contributed by atoms with Gasteiger partial charge in [0.05, 0.1) is 6.54 Å². The summed E-state index contributed by atoms with van der Waals surface area (Å²) in [5, 5.41) is 11.3. The van der Waals surface area contributed by atoms with E-state index >= 15 is 0 Å². The molecule has 0 spiro atoms. The van der Waals surface area contributed by atoms with E-state index in [9.17, 15) is 14.4 Å². The Balaban J connectivity index is 1.95. The summed E-state index contributed by atoms with van der Waals surface area (Å²) >= 11 is 0. The van der Waals surface area contributed by atoms with Gasteiger partial charge < -0.3 is 21.3 Å². The first-order chi connectivity index (χ1) is 12.9. The summed E-state index contributed by atoms with van der Waals surface area (Å²) in [5.41, 5.74) is 3.57. The molecule has 142 valence electrons. The lowest BCUT2D eigenvalue weighted by molar-refractivity contribution is -0.116. The number of rotatable bonds is 7. The second-order valence-electron chi connectivity index (χ2n) is 6.10. The number of aryl methyl sites for hydroxylation is 1. The molecule has 2 aromatic carbocycles. The average molecular weight is 368 g/mol. The molecule has 0 aliphatic carbocycles. The van der Waals surface area contributed by atoms with Crippen LogP contribution < -0.4 is 21.3 Å². The Hall–Kier alpha value is -3.35. The Bertz CT molecular complexity index is 849. The Morgan fingerprint density at radius 3 is 2.26 bits per heavy atom. The molecule has 0 unspecified atom stereocenters. The second kappa shape index (κ2) is 9.38. The molecule has 27 heavy (non-hydrogen) atoms. The second-order valence-corrected chi connectivity index (χ2v) is 6.10. The number of benzene rings is 2. The van der Waals surface area contributed by atoms with Crippen LogP contribution in [-0.4, -0.2) is 24.3 Å². The maximum atomic E-state index is 12.2. The smallest absolute Gasteiger partial charge is 0.243 e. The summed E-state index contributed by atoms with van der Waals surface area (Å²) in [5.74, 6) is -0.464. The summed E-state index contributed by atoms with van der Waals surface area (Å²) in [6.07, 6.45) is 0.386. The monoisotopic (exact) mass is 368 g/mol. The van der Waals surface area contributed by atoms with Gasteiger partial charge in [0.1, 0.15) is 0 Å². The van der Waals surface area contributed by atoms with E-state index in [1.807, 2.05) is 19.1 Å². The Kier molecular flexibility index (Phi) is 6.93. The standard InChI is InChI=1S/C20H24N4O3/c1-4-19(26)24-18-11-17(9-8-13(18)2)23-20(27)12-21-15-6-5-7-16(10-15)22-14(3)25/h5-11,21H,4,12H2,1-3H3,(H,22,25)(H,23,27)(H,24,26). The number of hydrogen-bond donors (Lipinski definition) is 4. The molecule has 0 saturated carbocycles. The Morgan fingerprint density at radius 1 is 0.852 bits per heavy atom. The lowest BCUT2D eigenvalue weighted by atomic mass is 10.1. The van der Waals surface area contributed by atoms with E-state index in [2.05, 4.69) is 21.3 Å². The largest absolute Gasteiger partial charge is 0.376 e. The van der Waals surface area contributed by atoms with Gasteiger partial charge in [0.15, 0.2) is 0 Å². The minimum atomic E-state index is -0.225. The van der Waals surface area contributed by atoms with Crippen molar-refractivity contribution >= 4 is 40.5 Å². The number of amides is 3. The lowest BCUT2D eigenvalue weighted by Gasteiger charge is -2.12. The van der Waals surface area contributed by atoms with E-state index in [-0.39, 0.29) is 24.3 Å². The molecule has 2 aromatic rings. The van der Waals surface area contributed by atoms with Crippen molar-refractivity contribution in [1.29, 1.82) is 0 Å². The molecule has 0 radical (unpaired) electrons. The maximum Gasteiger partial charge on any atom is 0.243 e. The van der Waals surface area contributed by atoms with Gasteiger partial charge in [-0.25, -0.2) is 0 Å². The summed E-state index contributed by atoms with van der Waals surface area (Å²) in [7, 11) is 0. The first-order valence-corrected chi connectivity index (χ1v) is 8.69. The third-order valence-electron chi connectivity index (χ3n) is 3.75. The van der Waals surface area contributed by atoms with E-state index in [1.165, 1.54) is 6.92 Å². The zero-order valence-corrected chi connectivity index (χ0v) is 15.7. The van der Waals surface area contributed by atoms with E-state index < -0.39 is 0 Å². The van der Waals surface area contributed by atoms with Gasteiger partial charge in [-0.05, 0) is 42.8 Å². The van der Waals surface area contributed by atoms with Crippen LogP contribution in [-0.2, 0) is 14.4 Å². The van der Waals surface area contributed by atoms with Gasteiger partial charge in [0.2, 0.25) is 17.7 Å². The molecule has 0 heterocycles. The average Bonchev–Trinajstić information content (AvgIpc) is 2.62. The van der Waals surface area contributed by atoms with E-state index in [0.717, 1.165) is 11.3 Å². The van der Waals surface area contributed by atoms with Crippen molar-refractivity contribution in [1.82, 2.24) is 0 Å². The molecule has 4 N–H and O–H groups in total. The van der Waals surface area contributed by atoms with Crippen LogP contribution in [0.5, 0.6) is 0 Å². The van der Waals surface area contributed by atoms with Gasteiger partial charge >= 0.3 is 0 Å². The quantitative estimate of drug-likeness (QED) is 0.602. The topological polar surface area (TPSA) is 99.3 Å². The highest BCUT2D eigenvalue weighted by Gasteiger charge is 2.07. The fourth-order valence-corrected chi connectivity index (χ4v) is 2.37. The highest BCUT2D eigenvalue weighted by molar-refractivity contribution is 5.96. The van der Waals surface area contributed by atoms with Crippen molar-refractivity contribution in [2.75, 3.05) is 27.8 Å². The molecule has 2 rings (SSSR count). The normalized spacial score (nSPS) is 10.0. The number of carbonyl (C=O) groups excluding carboxylic acids is 3. The first kappa shape index (κ1) is 20.0. The summed E-state index contributed by atoms with van der Waals surface area (Å²) in [4.78, 5) is 34.9. The Morgan fingerprint density at radius 2 is 1.56 bits per heavy atom. The third kappa shape index (κ3) is 6.47. The molecule has 0 fully saturated rings. The SMILES string of the molecule is CCC(=O)Nc1cc(NC(=O)CNc2cccc(NC(C)=O)c2)ccc1C. The fraction of sp³-hybridized carbons (Fsp3) is 0.250. The minimum absolute atomic E-state index is 0.0635. The van der Waals surface area contributed by atoms with Crippen molar-refractivity contribution < 1.29 is 14.4 Å². The minimum Gasteiger partial charge on any atom is -0.376 e. The van der Waals surface area contributed by atoms with Crippen LogP contribution in [0.3, 0.4) is 0 Å². The number of nitrogens with one attached hydrogen (secondary N) is 4. The number of anilines is 4. The van der Waals surface area contributed by atoms with Crippen LogP contribution in [0.4, 0.5) is 22.7 Å². The van der Waals surface area contributed by atoms with Gasteiger partial charge in [-0.2, -0.15) is 0 Å². The molecule has 0 saturated heterocycles. The predicted molar refractivity (Wildman–Crippen MR) is 108 cm³/mol. The van der Waals surface area contributed by atoms with Crippen LogP contribution in [0.25, 0.3) is 0 Å². The first-order valence-electron chi connectivity index (χ1n) is 8.69. The van der Waals surface area contributed by atoms with Crippen molar-refractivity contribution in [3.63, 3.8) is 0 Å². The molecular weight excluding hydrogens is 344 g/mol. The van der Waals surface area contributed by atoms with Crippen molar-refractivity contribution in [2.45, 2.75) is 27.2 Å². The predicted octanol–water partition coefficient (Wildman–Crippen LogP) is 3.35. The van der Waals surface area contributed by atoms with Crippen LogP contribution in [0, 0.1) is 6.92 Å². The zero-order chi connectivity index (χ0) is 19.8. The third-order valence-corrected chi connectivity index (χ3v) is 3.75. The molecular formula is C20H24N4O3. The van der Waals surface area contributed by atoms with E-state index in [0.29, 0.717) is 23.5 Å². The van der Waals surface area contributed by atoms with Crippen LogP contribution >= 0.6 is 0 Å². The number of carbonyl (C=O) groups is 3. The summed E-state index contributed by atoms with van der Waals surface area (Å²) in [6, 6.07) is 12.5. The molecule has 7 heteroatoms. The highest BCUT2D eigenvalue weighted by Crippen LogP contribution is 2.21.